The summed E-state index contributed by atoms with van der Waals surface area (Å²) in [5.41, 5.74) is 1.37. The lowest BCUT2D eigenvalue weighted by atomic mass is 10.0. The van der Waals surface area contributed by atoms with Crippen LogP contribution >= 0.6 is 0 Å². The van der Waals surface area contributed by atoms with Gasteiger partial charge in [0.15, 0.2) is 6.10 Å². The third-order valence-corrected chi connectivity index (χ3v) is 4.16. The molecule has 1 atom stereocenters. The molecule has 0 aliphatic rings. The van der Waals surface area contributed by atoms with E-state index >= 15 is 0 Å². The van der Waals surface area contributed by atoms with Crippen molar-refractivity contribution in [3.8, 4) is 0 Å². The fourth-order valence-corrected chi connectivity index (χ4v) is 2.79. The summed E-state index contributed by atoms with van der Waals surface area (Å²) < 4.78 is 5.19. The molecule has 2 N–H and O–H groups in total. The van der Waals surface area contributed by atoms with Crippen LogP contribution < -0.4 is 10.6 Å². The van der Waals surface area contributed by atoms with Crippen molar-refractivity contribution in [2.45, 2.75) is 19.4 Å². The number of esters is 1. The van der Waals surface area contributed by atoms with E-state index in [1.807, 2.05) is 48.5 Å². The topological polar surface area (TPSA) is 84.5 Å². The Labute approximate surface area is 162 Å². The number of rotatable bonds is 5. The summed E-state index contributed by atoms with van der Waals surface area (Å²) in [6, 6.07) is 21.4. The lowest BCUT2D eigenvalue weighted by Crippen LogP contribution is -2.41. The SMILES string of the molecule is CC(OC(=O)Cc1cccc2ccccc12)C(=O)NC(=O)Nc1ccccc1. The van der Waals surface area contributed by atoms with Gasteiger partial charge in [0.05, 0.1) is 6.42 Å². The zero-order valence-corrected chi connectivity index (χ0v) is 15.3. The van der Waals surface area contributed by atoms with Crippen LogP contribution in [0.5, 0.6) is 0 Å². The zero-order chi connectivity index (χ0) is 19.9. The molecule has 0 bridgehead atoms. The van der Waals surface area contributed by atoms with Crippen LogP contribution in [-0.4, -0.2) is 24.0 Å². The molecule has 0 aliphatic carbocycles. The molecule has 6 nitrogen and oxygen atoms in total. The first-order chi connectivity index (χ1) is 13.5. The summed E-state index contributed by atoms with van der Waals surface area (Å²) in [6.45, 7) is 1.42. The van der Waals surface area contributed by atoms with E-state index in [1.165, 1.54) is 6.92 Å². The molecule has 3 rings (SSSR count). The Hall–Kier alpha value is -3.67. The van der Waals surface area contributed by atoms with Crippen LogP contribution in [0.15, 0.2) is 72.8 Å². The number of benzene rings is 3. The number of urea groups is 1. The van der Waals surface area contributed by atoms with Crippen LogP contribution in [0.3, 0.4) is 0 Å². The maximum atomic E-state index is 12.2. The molecule has 142 valence electrons. The molecule has 0 fully saturated rings. The number of nitrogens with one attached hydrogen (secondary N) is 2. The highest BCUT2D eigenvalue weighted by Gasteiger charge is 2.20. The van der Waals surface area contributed by atoms with Crippen molar-refractivity contribution in [1.29, 1.82) is 0 Å². The van der Waals surface area contributed by atoms with E-state index in [0.29, 0.717) is 5.69 Å². The van der Waals surface area contributed by atoms with Gasteiger partial charge in [-0.3, -0.25) is 14.9 Å². The maximum absolute atomic E-state index is 12.2. The van der Waals surface area contributed by atoms with Crippen molar-refractivity contribution in [3.05, 3.63) is 78.4 Å². The van der Waals surface area contributed by atoms with Crippen LogP contribution in [-0.2, 0) is 20.7 Å². The maximum Gasteiger partial charge on any atom is 0.325 e. The van der Waals surface area contributed by atoms with Crippen LogP contribution in [0.1, 0.15) is 12.5 Å². The summed E-state index contributed by atoms with van der Waals surface area (Å²) in [5, 5.41) is 6.67. The highest BCUT2D eigenvalue weighted by atomic mass is 16.5. The quantitative estimate of drug-likeness (QED) is 0.666. The normalized spacial score (nSPS) is 11.5. The largest absolute Gasteiger partial charge is 0.452 e. The van der Waals surface area contributed by atoms with Crippen molar-refractivity contribution in [2.24, 2.45) is 0 Å². The van der Waals surface area contributed by atoms with E-state index in [4.69, 9.17) is 4.74 Å². The molecule has 6 heteroatoms. The Morgan fingerprint density at radius 1 is 0.893 bits per heavy atom. The van der Waals surface area contributed by atoms with Crippen molar-refractivity contribution >= 4 is 34.4 Å². The Kier molecular flexibility index (Phi) is 6.01. The Morgan fingerprint density at radius 3 is 2.36 bits per heavy atom. The molecule has 1 unspecified atom stereocenters. The molecule has 3 aromatic rings. The lowest BCUT2D eigenvalue weighted by molar-refractivity contribution is -0.153. The molecule has 0 heterocycles. The summed E-state index contributed by atoms with van der Waals surface area (Å²) in [5.74, 6) is -1.23. The first-order valence-corrected chi connectivity index (χ1v) is 8.86. The van der Waals surface area contributed by atoms with E-state index in [0.717, 1.165) is 16.3 Å². The first-order valence-electron chi connectivity index (χ1n) is 8.86. The zero-order valence-electron chi connectivity index (χ0n) is 15.3. The highest BCUT2D eigenvalue weighted by Crippen LogP contribution is 2.19. The first kappa shape index (κ1) is 19.1. The van der Waals surface area contributed by atoms with E-state index in [9.17, 15) is 14.4 Å². The number of anilines is 1. The molecule has 3 amide bonds. The van der Waals surface area contributed by atoms with E-state index in [1.54, 1.807) is 24.3 Å². The van der Waals surface area contributed by atoms with Gasteiger partial charge in [-0.15, -0.1) is 0 Å². The second-order valence-corrected chi connectivity index (χ2v) is 6.26. The van der Waals surface area contributed by atoms with Gasteiger partial charge in [0.1, 0.15) is 0 Å². The van der Waals surface area contributed by atoms with Gasteiger partial charge >= 0.3 is 12.0 Å². The van der Waals surface area contributed by atoms with Crippen molar-refractivity contribution in [1.82, 2.24) is 5.32 Å². The van der Waals surface area contributed by atoms with E-state index in [-0.39, 0.29) is 6.42 Å². The van der Waals surface area contributed by atoms with Crippen molar-refractivity contribution in [3.63, 3.8) is 0 Å². The number of hydrogen-bond donors (Lipinski definition) is 2. The fraction of sp³-hybridized carbons (Fsp3) is 0.136. The highest BCUT2D eigenvalue weighted by molar-refractivity contribution is 6.03. The number of fused-ring (bicyclic) bond motifs is 1. The van der Waals surface area contributed by atoms with Gasteiger partial charge in [-0.2, -0.15) is 0 Å². The molecule has 0 radical (unpaired) electrons. The minimum absolute atomic E-state index is 0.0369. The fourth-order valence-electron chi connectivity index (χ4n) is 2.79. The van der Waals surface area contributed by atoms with E-state index < -0.39 is 24.0 Å². The third-order valence-electron chi connectivity index (χ3n) is 4.16. The van der Waals surface area contributed by atoms with Crippen molar-refractivity contribution < 1.29 is 19.1 Å². The number of amides is 3. The Morgan fingerprint density at radius 2 is 1.57 bits per heavy atom. The smallest absolute Gasteiger partial charge is 0.325 e. The molecule has 0 saturated carbocycles. The van der Waals surface area contributed by atoms with Crippen LogP contribution in [0.4, 0.5) is 10.5 Å². The molecule has 0 saturated heterocycles. The molecule has 28 heavy (non-hydrogen) atoms. The number of carbonyl (C=O) groups is 3. The van der Waals surface area contributed by atoms with Gasteiger partial charge in [-0.05, 0) is 35.4 Å². The standard InChI is InChI=1S/C22H20N2O4/c1-15(21(26)24-22(27)23-18-11-3-2-4-12-18)28-20(25)14-17-10-7-9-16-8-5-6-13-19(16)17/h2-13,15H,14H2,1H3,(H2,23,24,26,27). The van der Waals surface area contributed by atoms with Gasteiger partial charge in [0.2, 0.25) is 0 Å². The number of ether oxygens (including phenoxy) is 1. The van der Waals surface area contributed by atoms with E-state index in [2.05, 4.69) is 10.6 Å². The lowest BCUT2D eigenvalue weighted by Gasteiger charge is -2.14. The number of carbonyl (C=O) groups excluding carboxylic acids is 3. The monoisotopic (exact) mass is 376 g/mol. The second kappa shape index (κ2) is 8.81. The second-order valence-electron chi connectivity index (χ2n) is 6.26. The minimum Gasteiger partial charge on any atom is -0.452 e. The summed E-state index contributed by atoms with van der Waals surface area (Å²) in [4.78, 5) is 36.2. The number of imide groups is 1. The van der Waals surface area contributed by atoms with Crippen molar-refractivity contribution in [2.75, 3.05) is 5.32 Å². The molecule has 3 aromatic carbocycles. The Bertz CT molecular complexity index is 996. The van der Waals surface area contributed by atoms with Gasteiger partial charge in [0, 0.05) is 5.69 Å². The van der Waals surface area contributed by atoms with Crippen LogP contribution in [0, 0.1) is 0 Å². The summed E-state index contributed by atoms with van der Waals surface area (Å²) >= 11 is 0. The average Bonchev–Trinajstić information content (AvgIpc) is 2.69. The predicted octanol–water partition coefficient (Wildman–Crippen LogP) is 3.66. The summed E-state index contributed by atoms with van der Waals surface area (Å²) in [7, 11) is 0. The third kappa shape index (κ3) is 4.94. The molecule has 0 aliphatic heterocycles. The molecule has 0 aromatic heterocycles. The van der Waals surface area contributed by atoms with Gasteiger partial charge in [-0.1, -0.05) is 60.7 Å². The molecular formula is C22H20N2O4. The average molecular weight is 376 g/mol. The number of hydrogen-bond acceptors (Lipinski definition) is 4. The summed E-state index contributed by atoms with van der Waals surface area (Å²) in [6.07, 6.45) is -1.06. The predicted molar refractivity (Wildman–Crippen MR) is 107 cm³/mol. The van der Waals surface area contributed by atoms with Gasteiger partial charge in [-0.25, -0.2) is 4.79 Å². The number of para-hydroxylation sites is 1. The molecule has 0 spiro atoms. The van der Waals surface area contributed by atoms with Crippen LogP contribution in [0.25, 0.3) is 10.8 Å². The molecular weight excluding hydrogens is 356 g/mol. The van der Waals surface area contributed by atoms with Gasteiger partial charge in [0.25, 0.3) is 5.91 Å². The van der Waals surface area contributed by atoms with Gasteiger partial charge < -0.3 is 10.1 Å². The minimum atomic E-state index is -1.09. The van der Waals surface area contributed by atoms with Crippen LogP contribution in [0.2, 0.25) is 0 Å². The Balaban J connectivity index is 1.54.